The van der Waals surface area contributed by atoms with Crippen LogP contribution < -0.4 is 9.62 Å². The van der Waals surface area contributed by atoms with Gasteiger partial charge in [0.2, 0.25) is 5.91 Å². The van der Waals surface area contributed by atoms with Gasteiger partial charge in [0.15, 0.2) is 0 Å². The fourth-order valence-corrected chi connectivity index (χ4v) is 4.61. The number of amides is 1. The smallest absolute Gasteiger partial charge is 0.340 e. The molecule has 3 rings (SSSR count). The number of sulfonamides is 1. The van der Waals surface area contributed by atoms with Crippen LogP contribution in [0.25, 0.3) is 0 Å². The van der Waals surface area contributed by atoms with Crippen LogP contribution in [0.5, 0.6) is 0 Å². The molecule has 3 aromatic carbocycles. The Kier molecular flexibility index (Phi) is 7.73. The van der Waals surface area contributed by atoms with Gasteiger partial charge in [0.05, 0.1) is 28.4 Å². The predicted molar refractivity (Wildman–Crippen MR) is 128 cm³/mol. The van der Waals surface area contributed by atoms with Crippen LogP contribution in [0.3, 0.4) is 0 Å². The number of hydrogen-bond acceptors (Lipinski definition) is 5. The zero-order chi connectivity index (χ0) is 24.0. The van der Waals surface area contributed by atoms with Gasteiger partial charge in [-0.2, -0.15) is 0 Å². The molecular formula is C24H23ClN2O5S. The van der Waals surface area contributed by atoms with Gasteiger partial charge in [-0.1, -0.05) is 41.4 Å². The summed E-state index contributed by atoms with van der Waals surface area (Å²) < 4.78 is 32.9. The lowest BCUT2D eigenvalue weighted by Gasteiger charge is -2.24. The van der Waals surface area contributed by atoms with Crippen molar-refractivity contribution < 1.29 is 22.7 Å². The van der Waals surface area contributed by atoms with Crippen molar-refractivity contribution in [3.63, 3.8) is 0 Å². The van der Waals surface area contributed by atoms with E-state index in [1.165, 1.54) is 30.3 Å². The quantitative estimate of drug-likeness (QED) is 0.467. The van der Waals surface area contributed by atoms with Gasteiger partial charge < -0.3 is 10.1 Å². The Morgan fingerprint density at radius 2 is 1.61 bits per heavy atom. The second-order valence-electron chi connectivity index (χ2n) is 7.12. The molecule has 0 aromatic heterocycles. The first-order valence-corrected chi connectivity index (χ1v) is 11.9. The molecule has 0 aliphatic carbocycles. The van der Waals surface area contributed by atoms with Gasteiger partial charge in [-0.15, -0.1) is 0 Å². The van der Waals surface area contributed by atoms with Gasteiger partial charge in [-0.3, -0.25) is 9.10 Å². The summed E-state index contributed by atoms with van der Waals surface area (Å²) in [4.78, 5) is 25.2. The maximum Gasteiger partial charge on any atom is 0.340 e. The number of nitrogens with one attached hydrogen (secondary N) is 1. The molecule has 0 saturated carbocycles. The number of aryl methyl sites for hydroxylation is 1. The molecule has 9 heteroatoms. The first-order valence-electron chi connectivity index (χ1n) is 10.1. The lowest BCUT2D eigenvalue weighted by molar-refractivity contribution is -0.114. The Morgan fingerprint density at radius 3 is 2.24 bits per heavy atom. The molecule has 0 radical (unpaired) electrons. The van der Waals surface area contributed by atoms with Crippen molar-refractivity contribution in [2.75, 3.05) is 22.8 Å². The van der Waals surface area contributed by atoms with Crippen LogP contribution in [0.1, 0.15) is 22.8 Å². The van der Waals surface area contributed by atoms with Crippen molar-refractivity contribution in [3.8, 4) is 0 Å². The molecule has 3 aromatic rings. The molecule has 172 valence electrons. The Labute approximate surface area is 198 Å². The van der Waals surface area contributed by atoms with Crippen molar-refractivity contribution in [3.05, 3.63) is 88.9 Å². The number of ether oxygens (including phenoxy) is 1. The standard InChI is InChI=1S/C24H23ClN2O5S/c1-3-32-24(29)21-6-4-5-7-22(21)26-23(28)16-27(19-12-10-18(25)11-13-19)33(30,31)20-14-8-17(2)9-15-20/h4-15H,3,16H2,1-2H3,(H,26,28). The highest BCUT2D eigenvalue weighted by Gasteiger charge is 2.27. The number of benzene rings is 3. The minimum Gasteiger partial charge on any atom is -0.462 e. The average molecular weight is 487 g/mol. The van der Waals surface area contributed by atoms with Gasteiger partial charge in [-0.05, 0) is 62.4 Å². The Balaban J connectivity index is 1.93. The van der Waals surface area contributed by atoms with E-state index in [0.717, 1.165) is 9.87 Å². The van der Waals surface area contributed by atoms with E-state index < -0.39 is 28.4 Å². The van der Waals surface area contributed by atoms with Crippen molar-refractivity contribution in [1.82, 2.24) is 0 Å². The molecule has 0 aliphatic rings. The van der Waals surface area contributed by atoms with Crippen LogP contribution in [0.4, 0.5) is 11.4 Å². The number of anilines is 2. The van der Waals surface area contributed by atoms with Crippen molar-refractivity contribution in [1.29, 1.82) is 0 Å². The summed E-state index contributed by atoms with van der Waals surface area (Å²) >= 11 is 5.96. The third-order valence-electron chi connectivity index (χ3n) is 4.71. The number of carbonyl (C=O) groups excluding carboxylic acids is 2. The van der Waals surface area contributed by atoms with E-state index in [1.54, 1.807) is 49.4 Å². The zero-order valence-electron chi connectivity index (χ0n) is 18.1. The van der Waals surface area contributed by atoms with Crippen LogP contribution in [-0.4, -0.2) is 33.4 Å². The molecule has 0 heterocycles. The third kappa shape index (κ3) is 5.91. The third-order valence-corrected chi connectivity index (χ3v) is 6.75. The first kappa shape index (κ1) is 24.3. The highest BCUT2D eigenvalue weighted by atomic mass is 35.5. The molecular weight excluding hydrogens is 464 g/mol. The topological polar surface area (TPSA) is 92.8 Å². The van der Waals surface area contributed by atoms with Gasteiger partial charge >= 0.3 is 5.97 Å². The molecule has 0 atom stereocenters. The largest absolute Gasteiger partial charge is 0.462 e. The number of rotatable bonds is 8. The summed E-state index contributed by atoms with van der Waals surface area (Å²) in [6.45, 7) is 3.19. The zero-order valence-corrected chi connectivity index (χ0v) is 19.7. The van der Waals surface area contributed by atoms with E-state index >= 15 is 0 Å². The Bertz CT molecular complexity index is 1240. The molecule has 7 nitrogen and oxygen atoms in total. The van der Waals surface area contributed by atoms with Gasteiger partial charge in [0.25, 0.3) is 10.0 Å². The minimum atomic E-state index is -4.07. The van der Waals surface area contributed by atoms with Crippen LogP contribution in [0.15, 0.2) is 77.7 Å². The number of nitrogens with zero attached hydrogens (tertiary/aromatic N) is 1. The number of hydrogen-bond donors (Lipinski definition) is 1. The summed E-state index contributed by atoms with van der Waals surface area (Å²) in [7, 11) is -4.07. The van der Waals surface area contributed by atoms with E-state index in [4.69, 9.17) is 16.3 Å². The predicted octanol–water partition coefficient (Wildman–Crippen LogP) is 4.66. The van der Waals surface area contributed by atoms with Crippen molar-refractivity contribution in [2.24, 2.45) is 0 Å². The molecule has 0 saturated heterocycles. The van der Waals surface area contributed by atoms with E-state index in [9.17, 15) is 18.0 Å². The highest BCUT2D eigenvalue weighted by molar-refractivity contribution is 7.92. The van der Waals surface area contributed by atoms with Crippen LogP contribution in [0.2, 0.25) is 5.02 Å². The SMILES string of the molecule is CCOC(=O)c1ccccc1NC(=O)CN(c1ccc(Cl)cc1)S(=O)(=O)c1ccc(C)cc1. The minimum absolute atomic E-state index is 0.0442. The fraction of sp³-hybridized carbons (Fsp3) is 0.167. The molecule has 0 bridgehead atoms. The van der Waals surface area contributed by atoms with Crippen LogP contribution in [0, 0.1) is 6.92 Å². The molecule has 0 spiro atoms. The number of carbonyl (C=O) groups is 2. The fourth-order valence-electron chi connectivity index (χ4n) is 3.06. The summed E-state index contributed by atoms with van der Waals surface area (Å²) in [5.74, 6) is -1.22. The van der Waals surface area contributed by atoms with E-state index in [1.807, 2.05) is 6.92 Å². The Hall–Kier alpha value is -3.36. The summed E-state index contributed by atoms with van der Waals surface area (Å²) in [5, 5.41) is 3.05. The second-order valence-corrected chi connectivity index (χ2v) is 9.41. The van der Waals surface area contributed by atoms with Gasteiger partial charge in [0, 0.05) is 5.02 Å². The number of para-hydroxylation sites is 1. The maximum atomic E-state index is 13.4. The van der Waals surface area contributed by atoms with E-state index in [-0.39, 0.29) is 28.4 Å². The summed E-state index contributed by atoms with van der Waals surface area (Å²) in [6.07, 6.45) is 0. The summed E-state index contributed by atoms with van der Waals surface area (Å²) in [5.41, 5.74) is 1.57. The number of halogens is 1. The van der Waals surface area contributed by atoms with E-state index in [2.05, 4.69) is 5.32 Å². The van der Waals surface area contributed by atoms with Gasteiger partial charge in [0.1, 0.15) is 6.54 Å². The average Bonchev–Trinajstić information content (AvgIpc) is 2.79. The van der Waals surface area contributed by atoms with E-state index in [0.29, 0.717) is 5.02 Å². The molecule has 0 unspecified atom stereocenters. The summed E-state index contributed by atoms with van der Waals surface area (Å²) in [6, 6.07) is 18.8. The highest BCUT2D eigenvalue weighted by Crippen LogP contribution is 2.26. The molecule has 1 amide bonds. The monoisotopic (exact) mass is 486 g/mol. The van der Waals surface area contributed by atoms with Crippen molar-refractivity contribution >= 4 is 44.9 Å². The molecule has 0 fully saturated rings. The van der Waals surface area contributed by atoms with Crippen LogP contribution >= 0.6 is 11.6 Å². The molecule has 1 N–H and O–H groups in total. The lowest BCUT2D eigenvalue weighted by Crippen LogP contribution is -2.38. The molecule has 0 aliphatic heterocycles. The normalized spacial score (nSPS) is 11.0. The maximum absolute atomic E-state index is 13.4. The van der Waals surface area contributed by atoms with Crippen LogP contribution in [-0.2, 0) is 19.6 Å². The molecule has 33 heavy (non-hydrogen) atoms. The first-order chi connectivity index (χ1) is 15.7. The van der Waals surface area contributed by atoms with Gasteiger partial charge in [-0.25, -0.2) is 13.2 Å². The number of esters is 1. The Morgan fingerprint density at radius 1 is 0.970 bits per heavy atom. The second kappa shape index (κ2) is 10.5. The van der Waals surface area contributed by atoms with Crippen molar-refractivity contribution in [2.45, 2.75) is 18.7 Å². The lowest BCUT2D eigenvalue weighted by atomic mass is 10.2.